The van der Waals surface area contributed by atoms with E-state index in [0.717, 1.165) is 0 Å². The SMILES string of the molecule is CN[Si](C)(C)C[Si](C)(C)N. The molecule has 0 saturated heterocycles. The molecule has 0 unspecified atom stereocenters. The highest BCUT2D eigenvalue weighted by Gasteiger charge is 2.27. The van der Waals surface area contributed by atoms with Crippen molar-refractivity contribution in [2.45, 2.75) is 31.9 Å². The Morgan fingerprint density at radius 1 is 1.20 bits per heavy atom. The van der Waals surface area contributed by atoms with Gasteiger partial charge < -0.3 is 10.4 Å². The van der Waals surface area contributed by atoms with Crippen LogP contribution >= 0.6 is 0 Å². The lowest BCUT2D eigenvalue weighted by Crippen LogP contribution is -2.53. The van der Waals surface area contributed by atoms with Crippen LogP contribution in [-0.2, 0) is 0 Å². The van der Waals surface area contributed by atoms with E-state index in [-0.39, 0.29) is 0 Å². The van der Waals surface area contributed by atoms with Crippen molar-refractivity contribution in [2.75, 3.05) is 7.05 Å². The molecule has 0 aliphatic rings. The summed E-state index contributed by atoms with van der Waals surface area (Å²) < 4.78 is 0. The van der Waals surface area contributed by atoms with Gasteiger partial charge in [0.25, 0.3) is 0 Å². The normalized spacial score (nSPS) is 13.8. The lowest BCUT2D eigenvalue weighted by Gasteiger charge is -2.28. The van der Waals surface area contributed by atoms with Crippen LogP contribution in [-0.4, -0.2) is 23.5 Å². The number of hydrogen-bond donors (Lipinski definition) is 2. The van der Waals surface area contributed by atoms with Gasteiger partial charge in [0.15, 0.2) is 0 Å². The van der Waals surface area contributed by atoms with Crippen LogP contribution < -0.4 is 10.4 Å². The van der Waals surface area contributed by atoms with Gasteiger partial charge in [0.2, 0.25) is 0 Å². The molecule has 0 atom stereocenters. The van der Waals surface area contributed by atoms with Gasteiger partial charge in [0.05, 0.1) is 0 Å². The molecule has 4 heteroatoms. The van der Waals surface area contributed by atoms with Crippen molar-refractivity contribution >= 4 is 16.5 Å². The average molecular weight is 176 g/mol. The predicted octanol–water partition coefficient (Wildman–Crippen LogP) is 1.11. The van der Waals surface area contributed by atoms with Crippen molar-refractivity contribution in [2.24, 2.45) is 5.40 Å². The Labute approximate surface area is 66.4 Å². The topological polar surface area (TPSA) is 38.0 Å². The van der Waals surface area contributed by atoms with Gasteiger partial charge in [-0.05, 0) is 12.7 Å². The van der Waals surface area contributed by atoms with Crippen LogP contribution in [0.3, 0.4) is 0 Å². The Morgan fingerprint density at radius 2 is 1.60 bits per heavy atom. The minimum atomic E-state index is -1.31. The number of hydrogen-bond acceptors (Lipinski definition) is 2. The first-order valence-corrected chi connectivity index (χ1v) is 10.2. The van der Waals surface area contributed by atoms with E-state index in [1.165, 1.54) is 5.67 Å². The molecule has 0 aromatic carbocycles. The van der Waals surface area contributed by atoms with Crippen LogP contribution in [0, 0.1) is 0 Å². The molecule has 0 aromatic heterocycles. The van der Waals surface area contributed by atoms with Gasteiger partial charge in [-0.2, -0.15) is 0 Å². The van der Waals surface area contributed by atoms with Crippen molar-refractivity contribution in [1.82, 2.24) is 4.98 Å². The average Bonchev–Trinajstić information content (AvgIpc) is 1.60. The van der Waals surface area contributed by atoms with E-state index in [0.29, 0.717) is 0 Å². The molecule has 0 spiro atoms. The van der Waals surface area contributed by atoms with Crippen LogP contribution in [0.2, 0.25) is 31.9 Å². The molecule has 0 saturated carbocycles. The summed E-state index contributed by atoms with van der Waals surface area (Å²) in [7, 11) is -0.392. The molecule has 10 heavy (non-hydrogen) atoms. The summed E-state index contributed by atoms with van der Waals surface area (Å²) in [5.74, 6) is 0. The van der Waals surface area contributed by atoms with Gasteiger partial charge in [-0.1, -0.05) is 26.2 Å². The Hall–Kier alpha value is 0.354. The van der Waals surface area contributed by atoms with Crippen molar-refractivity contribution in [3.8, 4) is 0 Å². The monoisotopic (exact) mass is 176 g/mol. The van der Waals surface area contributed by atoms with Crippen LogP contribution in [0.25, 0.3) is 0 Å². The summed E-state index contributed by atoms with van der Waals surface area (Å²) in [5.41, 5.74) is 1.26. The van der Waals surface area contributed by atoms with Gasteiger partial charge in [-0.25, -0.2) is 0 Å². The molecular formula is C6H20N2Si2. The molecule has 0 aliphatic heterocycles. The van der Waals surface area contributed by atoms with Gasteiger partial charge in [0.1, 0.15) is 16.5 Å². The highest BCUT2D eigenvalue weighted by molar-refractivity contribution is 6.92. The highest BCUT2D eigenvalue weighted by atomic mass is 28.4. The molecular weight excluding hydrogens is 156 g/mol. The van der Waals surface area contributed by atoms with E-state index in [2.05, 4.69) is 31.2 Å². The lowest BCUT2D eigenvalue weighted by atomic mass is 11.6. The van der Waals surface area contributed by atoms with Crippen molar-refractivity contribution in [3.05, 3.63) is 0 Å². The maximum atomic E-state index is 6.03. The van der Waals surface area contributed by atoms with Crippen LogP contribution in [0.15, 0.2) is 0 Å². The van der Waals surface area contributed by atoms with E-state index in [4.69, 9.17) is 5.40 Å². The Morgan fingerprint density at radius 3 is 1.70 bits per heavy atom. The second-order valence-corrected chi connectivity index (χ2v) is 14.0. The first-order chi connectivity index (χ1) is 4.27. The number of rotatable bonds is 3. The fraction of sp³-hybridized carbons (Fsp3) is 1.00. The largest absolute Gasteiger partial charge is 0.351 e. The molecule has 0 aliphatic carbocycles. The molecule has 62 valence electrons. The van der Waals surface area contributed by atoms with Crippen molar-refractivity contribution in [3.63, 3.8) is 0 Å². The van der Waals surface area contributed by atoms with E-state index in [1.54, 1.807) is 0 Å². The molecule has 0 amide bonds. The summed E-state index contributed by atoms with van der Waals surface area (Å²) in [6.45, 7) is 9.10. The molecule has 2 nitrogen and oxygen atoms in total. The van der Waals surface area contributed by atoms with Crippen LogP contribution in [0.1, 0.15) is 0 Å². The molecule has 3 N–H and O–H groups in total. The van der Waals surface area contributed by atoms with Gasteiger partial charge in [-0.3, -0.25) is 0 Å². The minimum Gasteiger partial charge on any atom is -0.351 e. The fourth-order valence-corrected chi connectivity index (χ4v) is 11.0. The van der Waals surface area contributed by atoms with E-state index in [9.17, 15) is 0 Å². The number of nitrogens with one attached hydrogen (secondary N) is 1. The zero-order valence-electron chi connectivity index (χ0n) is 7.78. The first-order valence-electron chi connectivity index (χ1n) is 3.75. The summed E-state index contributed by atoms with van der Waals surface area (Å²) in [5, 5.41) is 6.03. The second kappa shape index (κ2) is 3.17. The Kier molecular flexibility index (Phi) is 3.28. The van der Waals surface area contributed by atoms with Gasteiger partial charge >= 0.3 is 0 Å². The minimum absolute atomic E-state index is 1.13. The van der Waals surface area contributed by atoms with Gasteiger partial charge in [-0.15, -0.1) is 0 Å². The van der Waals surface area contributed by atoms with E-state index < -0.39 is 16.5 Å². The summed E-state index contributed by atoms with van der Waals surface area (Å²) in [6.07, 6.45) is 0. The lowest BCUT2D eigenvalue weighted by molar-refractivity contribution is 1.14. The summed E-state index contributed by atoms with van der Waals surface area (Å²) in [4.78, 5) is 3.39. The highest BCUT2D eigenvalue weighted by Crippen LogP contribution is 2.11. The molecule has 0 bridgehead atoms. The van der Waals surface area contributed by atoms with E-state index in [1.807, 2.05) is 7.05 Å². The fourth-order valence-electron chi connectivity index (χ4n) is 1.23. The molecule has 0 heterocycles. The molecule has 0 radical (unpaired) electrons. The third-order valence-corrected chi connectivity index (χ3v) is 10.1. The smallest absolute Gasteiger partial charge is 0.117 e. The van der Waals surface area contributed by atoms with Crippen LogP contribution in [0.5, 0.6) is 0 Å². The summed E-state index contributed by atoms with van der Waals surface area (Å²) >= 11 is 0. The van der Waals surface area contributed by atoms with Crippen molar-refractivity contribution < 1.29 is 0 Å². The zero-order chi connectivity index (χ0) is 8.41. The quantitative estimate of drug-likeness (QED) is 0.632. The Balaban J connectivity index is 3.89. The number of nitrogens with two attached hydrogens (primary N) is 1. The molecule has 0 aromatic rings. The molecule has 0 rings (SSSR count). The maximum Gasteiger partial charge on any atom is 0.117 e. The van der Waals surface area contributed by atoms with E-state index >= 15 is 0 Å². The second-order valence-electron chi connectivity index (χ2n) is 4.30. The third kappa shape index (κ3) is 5.16. The third-order valence-electron chi connectivity index (χ3n) is 1.57. The first kappa shape index (κ1) is 10.4. The van der Waals surface area contributed by atoms with Gasteiger partial charge in [0, 0.05) is 0 Å². The predicted molar refractivity (Wildman–Crippen MR) is 53.0 cm³/mol. The standard InChI is InChI=1S/C6H20N2Si2/c1-8-10(4,5)6-9(2,3)7/h8H,6-7H2,1-5H3. The van der Waals surface area contributed by atoms with Crippen molar-refractivity contribution in [1.29, 1.82) is 0 Å². The zero-order valence-corrected chi connectivity index (χ0v) is 9.78. The Bertz CT molecular complexity index is 107. The summed E-state index contributed by atoms with van der Waals surface area (Å²) in [6, 6.07) is 0. The molecule has 0 fully saturated rings. The van der Waals surface area contributed by atoms with Crippen LogP contribution in [0.4, 0.5) is 0 Å². The maximum absolute atomic E-state index is 6.03.